The predicted molar refractivity (Wildman–Crippen MR) is 86.1 cm³/mol. The number of rotatable bonds is 6. The highest BCUT2D eigenvalue weighted by atomic mass is 35.5. The Hall–Kier alpha value is -2.01. The number of hydrogen-bond donors (Lipinski definition) is 1. The minimum Gasteiger partial charge on any atom is -0.484 e. The Morgan fingerprint density at radius 3 is 2.68 bits per heavy atom. The number of aromatic nitrogens is 2. The van der Waals surface area contributed by atoms with E-state index >= 15 is 0 Å². The van der Waals surface area contributed by atoms with Gasteiger partial charge in [-0.15, -0.1) is 0 Å². The standard InChI is InChI=1S/C16H20ClN3O2/c1-4-20-9-15(12(3)19-20)11(2)18-16(21)10-22-14-7-5-13(17)6-8-14/h5-9,11H,4,10H2,1-3H3,(H,18,21). The fourth-order valence-electron chi connectivity index (χ4n) is 2.16. The zero-order valence-corrected chi connectivity index (χ0v) is 13.7. The number of amides is 1. The molecule has 1 aromatic carbocycles. The van der Waals surface area contributed by atoms with Crippen molar-refractivity contribution in [1.82, 2.24) is 15.1 Å². The van der Waals surface area contributed by atoms with Gasteiger partial charge in [-0.1, -0.05) is 11.6 Å². The third-order valence-corrected chi connectivity index (χ3v) is 3.59. The maximum absolute atomic E-state index is 12.0. The second kappa shape index (κ2) is 7.31. The van der Waals surface area contributed by atoms with E-state index < -0.39 is 0 Å². The molecule has 0 radical (unpaired) electrons. The summed E-state index contributed by atoms with van der Waals surface area (Å²) in [6.45, 7) is 6.67. The summed E-state index contributed by atoms with van der Waals surface area (Å²) >= 11 is 5.80. The first kappa shape index (κ1) is 16.4. The molecule has 5 nitrogen and oxygen atoms in total. The zero-order chi connectivity index (χ0) is 16.1. The Morgan fingerprint density at radius 1 is 1.41 bits per heavy atom. The van der Waals surface area contributed by atoms with E-state index in [1.807, 2.05) is 31.6 Å². The van der Waals surface area contributed by atoms with Gasteiger partial charge >= 0.3 is 0 Å². The van der Waals surface area contributed by atoms with Gasteiger partial charge in [0.1, 0.15) is 5.75 Å². The third kappa shape index (κ3) is 4.24. The topological polar surface area (TPSA) is 56.2 Å². The zero-order valence-electron chi connectivity index (χ0n) is 13.0. The van der Waals surface area contributed by atoms with Crippen LogP contribution in [0.4, 0.5) is 0 Å². The maximum atomic E-state index is 12.0. The van der Waals surface area contributed by atoms with Gasteiger partial charge in [0.05, 0.1) is 11.7 Å². The molecule has 0 saturated carbocycles. The minimum atomic E-state index is -0.175. The molecule has 0 aliphatic rings. The number of carbonyl (C=O) groups excluding carboxylic acids is 1. The lowest BCUT2D eigenvalue weighted by atomic mass is 10.1. The Labute approximate surface area is 135 Å². The number of nitrogens with one attached hydrogen (secondary N) is 1. The smallest absolute Gasteiger partial charge is 0.258 e. The van der Waals surface area contributed by atoms with E-state index in [0.717, 1.165) is 17.8 Å². The molecule has 6 heteroatoms. The molecule has 0 bridgehead atoms. The summed E-state index contributed by atoms with van der Waals surface area (Å²) in [5, 5.41) is 7.93. The molecule has 2 rings (SSSR count). The molecule has 1 amide bonds. The summed E-state index contributed by atoms with van der Waals surface area (Å²) in [6.07, 6.45) is 1.96. The predicted octanol–water partition coefficient (Wildman–Crippen LogP) is 3.12. The van der Waals surface area contributed by atoms with Gasteiger partial charge in [-0.3, -0.25) is 9.48 Å². The largest absolute Gasteiger partial charge is 0.484 e. The van der Waals surface area contributed by atoms with Gasteiger partial charge in [0, 0.05) is 23.3 Å². The Kier molecular flexibility index (Phi) is 5.44. The molecular formula is C16H20ClN3O2. The average Bonchev–Trinajstić information content (AvgIpc) is 2.88. The van der Waals surface area contributed by atoms with Crippen molar-refractivity contribution >= 4 is 17.5 Å². The SMILES string of the molecule is CCn1cc(C(C)NC(=O)COc2ccc(Cl)cc2)c(C)n1. The van der Waals surface area contributed by atoms with Gasteiger partial charge in [0.15, 0.2) is 6.61 Å². The number of ether oxygens (including phenoxy) is 1. The molecule has 1 unspecified atom stereocenters. The van der Waals surface area contributed by atoms with Gasteiger partial charge in [-0.2, -0.15) is 5.10 Å². The lowest BCUT2D eigenvalue weighted by Gasteiger charge is -2.13. The van der Waals surface area contributed by atoms with Crippen molar-refractivity contribution in [1.29, 1.82) is 0 Å². The van der Waals surface area contributed by atoms with E-state index in [9.17, 15) is 4.79 Å². The van der Waals surface area contributed by atoms with Crippen LogP contribution in [0.3, 0.4) is 0 Å². The first-order valence-electron chi connectivity index (χ1n) is 7.21. The van der Waals surface area contributed by atoms with Crippen molar-refractivity contribution in [3.8, 4) is 5.75 Å². The molecule has 22 heavy (non-hydrogen) atoms. The van der Waals surface area contributed by atoms with Gasteiger partial charge in [-0.25, -0.2) is 0 Å². The van der Waals surface area contributed by atoms with Crippen molar-refractivity contribution < 1.29 is 9.53 Å². The molecular weight excluding hydrogens is 302 g/mol. The summed E-state index contributed by atoms with van der Waals surface area (Å²) in [6, 6.07) is 6.80. The van der Waals surface area contributed by atoms with Crippen LogP contribution in [0, 0.1) is 6.92 Å². The summed E-state index contributed by atoms with van der Waals surface area (Å²) < 4.78 is 7.28. The molecule has 118 valence electrons. The number of aryl methyl sites for hydroxylation is 2. The van der Waals surface area contributed by atoms with E-state index in [1.54, 1.807) is 24.3 Å². The van der Waals surface area contributed by atoms with Crippen molar-refractivity contribution in [2.75, 3.05) is 6.61 Å². The van der Waals surface area contributed by atoms with Crippen LogP contribution in [0.2, 0.25) is 5.02 Å². The summed E-state index contributed by atoms with van der Waals surface area (Å²) in [5.41, 5.74) is 1.94. The van der Waals surface area contributed by atoms with E-state index in [-0.39, 0.29) is 18.6 Å². The first-order valence-corrected chi connectivity index (χ1v) is 7.59. The lowest BCUT2D eigenvalue weighted by Crippen LogP contribution is -2.31. The minimum absolute atomic E-state index is 0.0348. The van der Waals surface area contributed by atoms with Crippen molar-refractivity contribution in [3.63, 3.8) is 0 Å². The average molecular weight is 322 g/mol. The second-order valence-corrected chi connectivity index (χ2v) is 5.49. The summed E-state index contributed by atoms with van der Waals surface area (Å²) in [7, 11) is 0. The van der Waals surface area contributed by atoms with E-state index in [2.05, 4.69) is 10.4 Å². The third-order valence-electron chi connectivity index (χ3n) is 3.34. The molecule has 0 saturated heterocycles. The van der Waals surface area contributed by atoms with Crippen LogP contribution < -0.4 is 10.1 Å². The van der Waals surface area contributed by atoms with Gasteiger partial charge < -0.3 is 10.1 Å². The number of benzene rings is 1. The van der Waals surface area contributed by atoms with E-state index in [4.69, 9.17) is 16.3 Å². The maximum Gasteiger partial charge on any atom is 0.258 e. The summed E-state index contributed by atoms with van der Waals surface area (Å²) in [4.78, 5) is 12.0. The molecule has 0 aliphatic carbocycles. The second-order valence-electron chi connectivity index (χ2n) is 5.06. The number of carbonyl (C=O) groups is 1. The normalized spacial score (nSPS) is 12.0. The van der Waals surface area contributed by atoms with Gasteiger partial charge in [0.25, 0.3) is 5.91 Å². The fraction of sp³-hybridized carbons (Fsp3) is 0.375. The highest BCUT2D eigenvalue weighted by Gasteiger charge is 2.15. The fourth-order valence-corrected chi connectivity index (χ4v) is 2.29. The lowest BCUT2D eigenvalue weighted by molar-refractivity contribution is -0.123. The molecule has 0 spiro atoms. The molecule has 1 atom stereocenters. The highest BCUT2D eigenvalue weighted by Crippen LogP contribution is 2.17. The number of halogens is 1. The molecule has 1 aromatic heterocycles. The summed E-state index contributed by atoms with van der Waals surface area (Å²) in [5.74, 6) is 0.438. The molecule has 0 fully saturated rings. The van der Waals surface area contributed by atoms with Crippen LogP contribution in [-0.4, -0.2) is 22.3 Å². The molecule has 0 aliphatic heterocycles. The van der Waals surface area contributed by atoms with Crippen LogP contribution in [0.25, 0.3) is 0 Å². The monoisotopic (exact) mass is 321 g/mol. The van der Waals surface area contributed by atoms with Crippen LogP contribution in [-0.2, 0) is 11.3 Å². The Balaban J connectivity index is 1.88. The quantitative estimate of drug-likeness (QED) is 0.889. The van der Waals surface area contributed by atoms with Crippen LogP contribution in [0.1, 0.15) is 31.1 Å². The van der Waals surface area contributed by atoms with Crippen molar-refractivity contribution in [3.05, 3.63) is 46.7 Å². The Bertz CT molecular complexity index is 637. The van der Waals surface area contributed by atoms with Crippen molar-refractivity contribution in [2.24, 2.45) is 0 Å². The van der Waals surface area contributed by atoms with Crippen LogP contribution in [0.15, 0.2) is 30.5 Å². The van der Waals surface area contributed by atoms with Crippen LogP contribution in [0.5, 0.6) is 5.75 Å². The first-order chi connectivity index (χ1) is 10.5. The molecule has 2 aromatic rings. The van der Waals surface area contributed by atoms with E-state index in [0.29, 0.717) is 10.8 Å². The van der Waals surface area contributed by atoms with Gasteiger partial charge in [-0.05, 0) is 45.0 Å². The van der Waals surface area contributed by atoms with Gasteiger partial charge in [0.2, 0.25) is 0 Å². The van der Waals surface area contributed by atoms with E-state index in [1.165, 1.54) is 0 Å². The number of nitrogens with zero attached hydrogens (tertiary/aromatic N) is 2. The molecule has 1 N–H and O–H groups in total. The highest BCUT2D eigenvalue weighted by molar-refractivity contribution is 6.30. The number of hydrogen-bond acceptors (Lipinski definition) is 3. The van der Waals surface area contributed by atoms with Crippen LogP contribution >= 0.6 is 11.6 Å². The van der Waals surface area contributed by atoms with Crippen molar-refractivity contribution in [2.45, 2.75) is 33.4 Å². The Morgan fingerprint density at radius 2 is 2.09 bits per heavy atom. The molecule has 1 heterocycles.